The number of piperidine rings is 2. The molecule has 0 unspecified atom stereocenters. The van der Waals surface area contributed by atoms with Crippen molar-refractivity contribution >= 4 is 41.0 Å². The topological polar surface area (TPSA) is 96.4 Å². The normalized spacial score (nSPS) is 20.5. The average Bonchev–Trinajstić information content (AvgIpc) is 2.85. The van der Waals surface area contributed by atoms with Gasteiger partial charge in [0.05, 0.1) is 10.7 Å². The molecule has 3 fully saturated rings. The van der Waals surface area contributed by atoms with Gasteiger partial charge in [-0.1, -0.05) is 11.6 Å². The zero-order valence-corrected chi connectivity index (χ0v) is 21.2. The molecule has 0 saturated carbocycles. The van der Waals surface area contributed by atoms with Gasteiger partial charge in [0.2, 0.25) is 5.91 Å². The van der Waals surface area contributed by atoms with Crippen molar-refractivity contribution in [3.8, 4) is 0 Å². The number of hydrogen-bond acceptors (Lipinski definition) is 5. The van der Waals surface area contributed by atoms with E-state index in [4.69, 9.17) is 16.7 Å². The second-order valence-electron chi connectivity index (χ2n) is 9.94. The summed E-state index contributed by atoms with van der Waals surface area (Å²) in [6, 6.07) is 5.91. The van der Waals surface area contributed by atoms with Crippen LogP contribution in [0.4, 0.5) is 21.0 Å². The fraction of sp³-hybridized carbons (Fsp3) is 0.640. The van der Waals surface area contributed by atoms with E-state index in [1.807, 2.05) is 18.2 Å². The van der Waals surface area contributed by atoms with Gasteiger partial charge in [0.15, 0.2) is 0 Å². The zero-order chi connectivity index (χ0) is 24.9. The summed E-state index contributed by atoms with van der Waals surface area (Å²) in [4.78, 5) is 42.7. The largest absolute Gasteiger partial charge is 0.465 e. The molecular weight excluding hydrogens is 470 g/mol. The van der Waals surface area contributed by atoms with Crippen LogP contribution < -0.4 is 15.1 Å². The summed E-state index contributed by atoms with van der Waals surface area (Å²) >= 11 is 6.40. The fourth-order valence-electron chi connectivity index (χ4n) is 5.49. The van der Waals surface area contributed by atoms with Crippen LogP contribution in [0.15, 0.2) is 18.2 Å². The number of halogens is 1. The zero-order valence-electron chi connectivity index (χ0n) is 20.4. The number of carbonyl (C=O) groups excluding carboxylic acids is 2. The number of likely N-dealkylation sites (tertiary alicyclic amines) is 1. The highest BCUT2D eigenvalue weighted by Gasteiger charge is 2.28. The number of imide groups is 1. The van der Waals surface area contributed by atoms with Gasteiger partial charge < -0.3 is 19.8 Å². The second kappa shape index (κ2) is 11.5. The van der Waals surface area contributed by atoms with Crippen molar-refractivity contribution in [2.45, 2.75) is 51.0 Å². The molecule has 4 amide bonds. The van der Waals surface area contributed by atoms with E-state index < -0.39 is 12.1 Å². The van der Waals surface area contributed by atoms with Crippen molar-refractivity contribution in [1.82, 2.24) is 15.1 Å². The molecule has 0 aliphatic carbocycles. The summed E-state index contributed by atoms with van der Waals surface area (Å²) in [5.74, 6) is 0.383. The number of carboxylic acid groups (broad SMARTS) is 1. The molecule has 3 aliphatic heterocycles. The average molecular weight is 506 g/mol. The van der Waals surface area contributed by atoms with E-state index >= 15 is 0 Å². The van der Waals surface area contributed by atoms with Crippen molar-refractivity contribution in [2.75, 3.05) is 56.1 Å². The SMILES string of the molecule is CN(CCCC1CCN(C(=O)O)CC1)C1CCN(c2ccc(Cl)c(N3CCC(=O)NC3=O)c2)CC1. The smallest absolute Gasteiger partial charge is 0.407 e. The first-order valence-corrected chi connectivity index (χ1v) is 13.0. The third kappa shape index (κ3) is 6.38. The first-order valence-electron chi connectivity index (χ1n) is 12.7. The molecule has 0 bridgehead atoms. The van der Waals surface area contributed by atoms with E-state index in [0.29, 0.717) is 42.3 Å². The lowest BCUT2D eigenvalue weighted by molar-refractivity contribution is -0.120. The predicted molar refractivity (Wildman–Crippen MR) is 136 cm³/mol. The van der Waals surface area contributed by atoms with Crippen molar-refractivity contribution in [2.24, 2.45) is 5.92 Å². The van der Waals surface area contributed by atoms with Gasteiger partial charge >= 0.3 is 12.1 Å². The van der Waals surface area contributed by atoms with E-state index in [2.05, 4.69) is 22.2 Å². The van der Waals surface area contributed by atoms with Crippen molar-refractivity contribution in [3.63, 3.8) is 0 Å². The molecule has 1 aromatic carbocycles. The molecule has 0 radical (unpaired) electrons. The quantitative estimate of drug-likeness (QED) is 0.584. The summed E-state index contributed by atoms with van der Waals surface area (Å²) in [6.07, 6.45) is 5.90. The molecule has 192 valence electrons. The Morgan fingerprint density at radius 1 is 1.11 bits per heavy atom. The summed E-state index contributed by atoms with van der Waals surface area (Å²) < 4.78 is 0. The van der Waals surface area contributed by atoms with E-state index in [-0.39, 0.29) is 12.3 Å². The summed E-state index contributed by atoms with van der Waals surface area (Å²) in [5.41, 5.74) is 1.69. The van der Waals surface area contributed by atoms with Crippen LogP contribution in [-0.4, -0.2) is 85.3 Å². The Labute approximate surface area is 212 Å². The van der Waals surface area contributed by atoms with Crippen LogP contribution in [0.2, 0.25) is 5.02 Å². The van der Waals surface area contributed by atoms with Crippen LogP contribution in [-0.2, 0) is 4.79 Å². The Bertz CT molecular complexity index is 928. The molecule has 0 spiro atoms. The molecule has 0 atom stereocenters. The molecule has 9 nitrogen and oxygen atoms in total. The van der Waals surface area contributed by atoms with Crippen LogP contribution in [0.5, 0.6) is 0 Å². The van der Waals surface area contributed by atoms with Gasteiger partial charge in [0, 0.05) is 50.9 Å². The van der Waals surface area contributed by atoms with E-state index in [9.17, 15) is 14.4 Å². The van der Waals surface area contributed by atoms with Crippen molar-refractivity contribution in [3.05, 3.63) is 23.2 Å². The van der Waals surface area contributed by atoms with Crippen LogP contribution in [0, 0.1) is 5.92 Å². The molecule has 4 rings (SSSR count). The lowest BCUT2D eigenvalue weighted by Crippen LogP contribution is -2.49. The van der Waals surface area contributed by atoms with Crippen molar-refractivity contribution in [1.29, 1.82) is 0 Å². The molecule has 2 N–H and O–H groups in total. The standard InChI is InChI=1S/C25H36ClN5O4/c1-28(11-2-3-18-6-12-30(13-7-18)25(34)35)19-8-14-29(15-9-19)20-4-5-21(26)22(17-20)31-16-10-23(32)27-24(31)33/h4-5,17-19H,2-3,6-16H2,1H3,(H,34,35)(H,27,32,33). The lowest BCUT2D eigenvalue weighted by Gasteiger charge is -2.38. The highest BCUT2D eigenvalue weighted by atomic mass is 35.5. The first-order chi connectivity index (χ1) is 16.8. The van der Waals surface area contributed by atoms with Crippen molar-refractivity contribution < 1.29 is 19.5 Å². The molecule has 3 heterocycles. The minimum absolute atomic E-state index is 0.256. The van der Waals surface area contributed by atoms with Gasteiger partial charge in [-0.25, -0.2) is 9.59 Å². The third-order valence-electron chi connectivity index (χ3n) is 7.74. The van der Waals surface area contributed by atoms with E-state index in [0.717, 1.165) is 57.4 Å². The molecular formula is C25H36ClN5O4. The van der Waals surface area contributed by atoms with Gasteiger partial charge in [0.25, 0.3) is 0 Å². The number of amides is 4. The van der Waals surface area contributed by atoms with E-state index in [1.165, 1.54) is 11.3 Å². The number of anilines is 2. The van der Waals surface area contributed by atoms with Gasteiger partial charge in [-0.05, 0) is 76.2 Å². The number of urea groups is 1. The number of carbonyl (C=O) groups is 3. The number of hydrogen-bond donors (Lipinski definition) is 2. The van der Waals surface area contributed by atoms with Crippen LogP contribution in [0.3, 0.4) is 0 Å². The molecule has 3 aliphatic rings. The predicted octanol–water partition coefficient (Wildman–Crippen LogP) is 3.86. The highest BCUT2D eigenvalue weighted by Crippen LogP contribution is 2.33. The molecule has 35 heavy (non-hydrogen) atoms. The third-order valence-corrected chi connectivity index (χ3v) is 8.06. The van der Waals surface area contributed by atoms with Gasteiger partial charge in [-0.3, -0.25) is 15.0 Å². The Kier molecular flexibility index (Phi) is 8.38. The molecule has 10 heteroatoms. The fourth-order valence-corrected chi connectivity index (χ4v) is 5.71. The molecule has 1 aromatic rings. The second-order valence-corrected chi connectivity index (χ2v) is 10.4. The van der Waals surface area contributed by atoms with Gasteiger partial charge in [0.1, 0.15) is 0 Å². The highest BCUT2D eigenvalue weighted by molar-refractivity contribution is 6.34. The van der Waals surface area contributed by atoms with Crippen LogP contribution in [0.25, 0.3) is 0 Å². The van der Waals surface area contributed by atoms with Crippen LogP contribution >= 0.6 is 11.6 Å². The minimum Gasteiger partial charge on any atom is -0.465 e. The van der Waals surface area contributed by atoms with Gasteiger partial charge in [-0.2, -0.15) is 0 Å². The van der Waals surface area contributed by atoms with Crippen LogP contribution in [0.1, 0.15) is 44.9 Å². The Balaban J connectivity index is 1.23. The minimum atomic E-state index is -0.794. The number of nitrogens with one attached hydrogen (secondary N) is 1. The molecule has 0 aromatic heterocycles. The molecule has 3 saturated heterocycles. The van der Waals surface area contributed by atoms with Gasteiger partial charge in [-0.15, -0.1) is 0 Å². The Morgan fingerprint density at radius 2 is 1.83 bits per heavy atom. The summed E-state index contributed by atoms with van der Waals surface area (Å²) in [6.45, 7) is 4.61. The number of rotatable bonds is 7. The lowest BCUT2D eigenvalue weighted by atomic mass is 9.92. The maximum atomic E-state index is 12.3. The van der Waals surface area contributed by atoms with E-state index in [1.54, 1.807) is 4.90 Å². The summed E-state index contributed by atoms with van der Waals surface area (Å²) in [5, 5.41) is 12.0. The maximum Gasteiger partial charge on any atom is 0.407 e. The number of benzene rings is 1. The Hall–Kier alpha value is -2.52. The first kappa shape index (κ1) is 25.6. The maximum absolute atomic E-state index is 12.3. The number of nitrogens with zero attached hydrogens (tertiary/aromatic N) is 4. The summed E-state index contributed by atoms with van der Waals surface area (Å²) in [7, 11) is 2.21. The Morgan fingerprint density at radius 3 is 2.49 bits per heavy atom. The monoisotopic (exact) mass is 505 g/mol.